The number of hydrogen-bond acceptors (Lipinski definition) is 4. The molecule has 6 heteroatoms. The zero-order valence-corrected chi connectivity index (χ0v) is 16.7. The second-order valence-electron chi connectivity index (χ2n) is 6.22. The fourth-order valence-electron chi connectivity index (χ4n) is 2.81. The lowest BCUT2D eigenvalue weighted by Crippen LogP contribution is -2.11. The second-order valence-corrected chi connectivity index (χ2v) is 7.65. The van der Waals surface area contributed by atoms with E-state index in [1.165, 1.54) is 0 Å². The number of carbonyl (C=O) groups is 2. The standard InChI is InChI=1S/C23H15ClN2O2S/c24-18-13-11-17(12-14-18)22(28)26-23-25-19(15-7-3-1-4-8-15)21(29-23)20(27)16-9-5-2-6-10-16/h1-14H,(H,25,26,28). The number of nitrogens with zero attached hydrogens (tertiary/aromatic N) is 1. The Kier molecular flexibility index (Phi) is 5.51. The maximum Gasteiger partial charge on any atom is 0.257 e. The summed E-state index contributed by atoms with van der Waals surface area (Å²) in [6.45, 7) is 0. The van der Waals surface area contributed by atoms with Crippen LogP contribution in [-0.2, 0) is 0 Å². The Hall–Kier alpha value is -3.28. The molecule has 1 aromatic heterocycles. The molecule has 142 valence electrons. The van der Waals surface area contributed by atoms with Crippen molar-refractivity contribution in [3.8, 4) is 11.3 Å². The highest BCUT2D eigenvalue weighted by molar-refractivity contribution is 7.18. The largest absolute Gasteiger partial charge is 0.298 e. The van der Waals surface area contributed by atoms with Crippen LogP contribution in [0.5, 0.6) is 0 Å². The molecule has 29 heavy (non-hydrogen) atoms. The van der Waals surface area contributed by atoms with Crippen LogP contribution in [0.15, 0.2) is 84.9 Å². The molecule has 0 saturated carbocycles. The molecular formula is C23H15ClN2O2S. The van der Waals surface area contributed by atoms with Crippen LogP contribution in [0.4, 0.5) is 5.13 Å². The minimum atomic E-state index is -0.311. The summed E-state index contributed by atoms with van der Waals surface area (Å²) in [4.78, 5) is 30.7. The quantitative estimate of drug-likeness (QED) is 0.407. The van der Waals surface area contributed by atoms with E-state index >= 15 is 0 Å². The fraction of sp³-hybridized carbons (Fsp3) is 0. The van der Waals surface area contributed by atoms with Crippen molar-refractivity contribution in [1.82, 2.24) is 4.98 Å². The predicted octanol–water partition coefficient (Wildman–Crippen LogP) is 5.95. The van der Waals surface area contributed by atoms with E-state index in [9.17, 15) is 9.59 Å². The molecule has 0 aliphatic carbocycles. The number of nitrogens with one attached hydrogen (secondary N) is 1. The maximum atomic E-state index is 13.1. The normalized spacial score (nSPS) is 10.5. The molecule has 0 bridgehead atoms. The number of carbonyl (C=O) groups excluding carboxylic acids is 2. The minimum Gasteiger partial charge on any atom is -0.298 e. The summed E-state index contributed by atoms with van der Waals surface area (Å²) in [6.07, 6.45) is 0. The Morgan fingerprint density at radius 1 is 0.793 bits per heavy atom. The van der Waals surface area contributed by atoms with Crippen molar-refractivity contribution in [2.75, 3.05) is 5.32 Å². The number of benzene rings is 3. The monoisotopic (exact) mass is 418 g/mol. The van der Waals surface area contributed by atoms with Crippen LogP contribution in [0.1, 0.15) is 25.6 Å². The molecule has 4 aromatic rings. The van der Waals surface area contributed by atoms with Crippen LogP contribution < -0.4 is 5.32 Å². The average Bonchev–Trinajstić information content (AvgIpc) is 3.18. The van der Waals surface area contributed by atoms with E-state index in [0.29, 0.717) is 31.9 Å². The summed E-state index contributed by atoms with van der Waals surface area (Å²) >= 11 is 7.05. The van der Waals surface area contributed by atoms with Crippen molar-refractivity contribution in [1.29, 1.82) is 0 Å². The lowest BCUT2D eigenvalue weighted by Gasteiger charge is -2.02. The highest BCUT2D eigenvalue weighted by Gasteiger charge is 2.21. The molecule has 4 nitrogen and oxygen atoms in total. The van der Waals surface area contributed by atoms with Crippen LogP contribution in [0.3, 0.4) is 0 Å². The van der Waals surface area contributed by atoms with Crippen LogP contribution in [-0.4, -0.2) is 16.7 Å². The topological polar surface area (TPSA) is 59.1 Å². The molecule has 0 aliphatic heterocycles. The van der Waals surface area contributed by atoms with E-state index in [-0.39, 0.29) is 11.7 Å². The van der Waals surface area contributed by atoms with Crippen LogP contribution in [0.2, 0.25) is 5.02 Å². The molecule has 1 amide bonds. The summed E-state index contributed by atoms with van der Waals surface area (Å²) in [5, 5.41) is 3.71. The van der Waals surface area contributed by atoms with Crippen molar-refractivity contribution < 1.29 is 9.59 Å². The van der Waals surface area contributed by atoms with Crippen LogP contribution >= 0.6 is 22.9 Å². The third-order valence-electron chi connectivity index (χ3n) is 4.24. The van der Waals surface area contributed by atoms with E-state index in [1.807, 2.05) is 48.5 Å². The first-order chi connectivity index (χ1) is 14.1. The molecule has 0 saturated heterocycles. The Balaban J connectivity index is 1.71. The summed E-state index contributed by atoms with van der Waals surface area (Å²) in [6, 6.07) is 25.1. The van der Waals surface area contributed by atoms with Gasteiger partial charge in [-0.1, -0.05) is 83.6 Å². The van der Waals surface area contributed by atoms with E-state index in [0.717, 1.165) is 16.9 Å². The summed E-state index contributed by atoms with van der Waals surface area (Å²) < 4.78 is 0. The molecule has 0 spiro atoms. The highest BCUT2D eigenvalue weighted by atomic mass is 35.5. The van der Waals surface area contributed by atoms with Crippen LogP contribution in [0.25, 0.3) is 11.3 Å². The highest BCUT2D eigenvalue weighted by Crippen LogP contribution is 2.33. The van der Waals surface area contributed by atoms with Crippen molar-refractivity contribution >= 4 is 39.8 Å². The van der Waals surface area contributed by atoms with Gasteiger partial charge in [0.1, 0.15) is 4.88 Å². The van der Waals surface area contributed by atoms with Gasteiger partial charge >= 0.3 is 0 Å². The second kappa shape index (κ2) is 8.39. The first-order valence-electron chi connectivity index (χ1n) is 8.85. The van der Waals surface area contributed by atoms with Crippen molar-refractivity contribution in [2.45, 2.75) is 0 Å². The minimum absolute atomic E-state index is 0.131. The van der Waals surface area contributed by atoms with Gasteiger partial charge < -0.3 is 0 Å². The predicted molar refractivity (Wildman–Crippen MR) is 117 cm³/mol. The number of ketones is 1. The van der Waals surface area contributed by atoms with Gasteiger partial charge in [-0.05, 0) is 24.3 Å². The Morgan fingerprint density at radius 3 is 2.07 bits per heavy atom. The molecule has 4 rings (SSSR count). The van der Waals surface area contributed by atoms with Gasteiger partial charge in [0.2, 0.25) is 5.78 Å². The molecule has 1 heterocycles. The number of aromatic nitrogens is 1. The molecular weight excluding hydrogens is 404 g/mol. The van der Waals surface area contributed by atoms with Gasteiger partial charge in [-0.2, -0.15) is 0 Å². The molecule has 3 aromatic carbocycles. The SMILES string of the molecule is O=C(Nc1nc(-c2ccccc2)c(C(=O)c2ccccc2)s1)c1ccc(Cl)cc1. The zero-order chi connectivity index (χ0) is 20.2. The van der Waals surface area contributed by atoms with E-state index in [2.05, 4.69) is 10.3 Å². The summed E-state index contributed by atoms with van der Waals surface area (Å²) in [5.41, 5.74) is 2.40. The zero-order valence-electron chi connectivity index (χ0n) is 15.1. The van der Waals surface area contributed by atoms with Gasteiger partial charge in [0, 0.05) is 21.7 Å². The first kappa shape index (κ1) is 19.1. The Bertz CT molecular complexity index is 1160. The summed E-state index contributed by atoms with van der Waals surface area (Å²) in [7, 11) is 0. The van der Waals surface area contributed by atoms with E-state index in [4.69, 9.17) is 11.6 Å². The molecule has 0 radical (unpaired) electrons. The first-order valence-corrected chi connectivity index (χ1v) is 10.0. The maximum absolute atomic E-state index is 13.1. The Labute approximate surface area is 176 Å². The van der Waals surface area contributed by atoms with Crippen molar-refractivity contribution in [3.05, 3.63) is 106 Å². The van der Waals surface area contributed by atoms with E-state index < -0.39 is 0 Å². The number of rotatable bonds is 5. The fourth-order valence-corrected chi connectivity index (χ4v) is 3.88. The number of thiazole rings is 1. The summed E-state index contributed by atoms with van der Waals surface area (Å²) in [5.74, 6) is -0.442. The molecule has 1 N–H and O–H groups in total. The third-order valence-corrected chi connectivity index (χ3v) is 5.47. The van der Waals surface area contributed by atoms with Gasteiger partial charge in [-0.3, -0.25) is 14.9 Å². The lowest BCUT2D eigenvalue weighted by molar-refractivity contribution is 0.102. The van der Waals surface area contributed by atoms with Crippen molar-refractivity contribution in [3.63, 3.8) is 0 Å². The number of hydrogen-bond donors (Lipinski definition) is 1. The number of halogens is 1. The van der Waals surface area contributed by atoms with Gasteiger partial charge in [-0.15, -0.1) is 0 Å². The van der Waals surface area contributed by atoms with Crippen LogP contribution in [0, 0.1) is 0 Å². The Morgan fingerprint density at radius 2 is 1.41 bits per heavy atom. The van der Waals surface area contributed by atoms with Gasteiger partial charge in [0.15, 0.2) is 5.13 Å². The third kappa shape index (κ3) is 4.26. The molecule has 0 unspecified atom stereocenters. The van der Waals surface area contributed by atoms with Crippen molar-refractivity contribution in [2.24, 2.45) is 0 Å². The van der Waals surface area contributed by atoms with E-state index in [1.54, 1.807) is 36.4 Å². The van der Waals surface area contributed by atoms with Gasteiger partial charge in [0.05, 0.1) is 5.69 Å². The van der Waals surface area contributed by atoms with Gasteiger partial charge in [-0.25, -0.2) is 4.98 Å². The lowest BCUT2D eigenvalue weighted by atomic mass is 10.1. The number of amides is 1. The molecule has 0 fully saturated rings. The average molecular weight is 419 g/mol. The number of anilines is 1. The molecule has 0 atom stereocenters. The van der Waals surface area contributed by atoms with Gasteiger partial charge in [0.25, 0.3) is 5.91 Å². The smallest absolute Gasteiger partial charge is 0.257 e. The molecule has 0 aliphatic rings.